The third-order valence-electron chi connectivity index (χ3n) is 4.27. The fourth-order valence-electron chi connectivity index (χ4n) is 3.15. The van der Waals surface area contributed by atoms with Gasteiger partial charge in [0.25, 0.3) is 0 Å². The number of pyridine rings is 1. The predicted octanol–water partition coefficient (Wildman–Crippen LogP) is 3.52. The lowest BCUT2D eigenvalue weighted by atomic mass is 9.69. The Hall–Kier alpha value is -1.90. The molecule has 98 valence electrons. The van der Waals surface area contributed by atoms with Gasteiger partial charge in [-0.05, 0) is 36.6 Å². The molecule has 3 heteroatoms. The van der Waals surface area contributed by atoms with Gasteiger partial charge < -0.3 is 5.11 Å². The molecule has 0 atom stereocenters. The minimum Gasteiger partial charge on any atom is -0.481 e. The van der Waals surface area contributed by atoms with Crippen molar-refractivity contribution in [2.75, 3.05) is 0 Å². The van der Waals surface area contributed by atoms with Crippen molar-refractivity contribution >= 4 is 16.9 Å². The lowest BCUT2D eigenvalue weighted by molar-refractivity contribution is -0.145. The molecule has 0 saturated heterocycles. The SMILES string of the molecule is O=C(O)C1(c2ccc3ncccc3c2)CCCCC1. The number of hydrogen-bond donors (Lipinski definition) is 1. The van der Waals surface area contributed by atoms with Crippen LogP contribution in [0.25, 0.3) is 10.9 Å². The Labute approximate surface area is 112 Å². The molecule has 1 N–H and O–H groups in total. The number of carboxylic acid groups (broad SMARTS) is 1. The first-order valence-electron chi connectivity index (χ1n) is 6.81. The standard InChI is InChI=1S/C16H17NO2/c18-15(19)16(8-2-1-3-9-16)13-6-7-14-12(11-13)5-4-10-17-14/h4-7,10-11H,1-3,8-9H2,(H,18,19). The van der Waals surface area contributed by atoms with E-state index in [9.17, 15) is 9.90 Å². The quantitative estimate of drug-likeness (QED) is 0.893. The van der Waals surface area contributed by atoms with Crippen molar-refractivity contribution in [1.82, 2.24) is 4.98 Å². The number of carbonyl (C=O) groups is 1. The highest BCUT2D eigenvalue weighted by Gasteiger charge is 2.41. The van der Waals surface area contributed by atoms with Crippen molar-refractivity contribution in [3.8, 4) is 0 Å². The average Bonchev–Trinajstić information content (AvgIpc) is 2.47. The molecule has 1 heterocycles. The average molecular weight is 255 g/mol. The topological polar surface area (TPSA) is 50.2 Å². The number of nitrogens with zero attached hydrogens (tertiary/aromatic N) is 1. The summed E-state index contributed by atoms with van der Waals surface area (Å²) in [6.45, 7) is 0. The number of fused-ring (bicyclic) bond motifs is 1. The maximum Gasteiger partial charge on any atom is 0.314 e. The molecule has 0 bridgehead atoms. The summed E-state index contributed by atoms with van der Waals surface area (Å²) in [6, 6.07) is 9.76. The molecule has 0 radical (unpaired) electrons. The van der Waals surface area contributed by atoms with Gasteiger partial charge in [-0.1, -0.05) is 31.4 Å². The van der Waals surface area contributed by atoms with Gasteiger partial charge >= 0.3 is 5.97 Å². The number of benzene rings is 1. The van der Waals surface area contributed by atoms with E-state index in [-0.39, 0.29) is 0 Å². The zero-order valence-corrected chi connectivity index (χ0v) is 10.8. The summed E-state index contributed by atoms with van der Waals surface area (Å²) >= 11 is 0. The Bertz CT molecular complexity index is 615. The molecule has 0 amide bonds. The van der Waals surface area contributed by atoms with E-state index in [4.69, 9.17) is 0 Å². The van der Waals surface area contributed by atoms with Crippen LogP contribution in [0.3, 0.4) is 0 Å². The van der Waals surface area contributed by atoms with Crippen LogP contribution >= 0.6 is 0 Å². The van der Waals surface area contributed by atoms with Crippen molar-refractivity contribution in [2.45, 2.75) is 37.5 Å². The molecule has 2 aromatic rings. The third kappa shape index (κ3) is 1.99. The fourth-order valence-corrected chi connectivity index (χ4v) is 3.15. The van der Waals surface area contributed by atoms with Crippen LogP contribution in [0.5, 0.6) is 0 Å². The van der Waals surface area contributed by atoms with Gasteiger partial charge in [0, 0.05) is 11.6 Å². The summed E-state index contributed by atoms with van der Waals surface area (Å²) in [7, 11) is 0. The summed E-state index contributed by atoms with van der Waals surface area (Å²) in [5.74, 6) is -0.685. The van der Waals surface area contributed by atoms with Crippen LogP contribution in [0, 0.1) is 0 Å². The number of aliphatic carboxylic acids is 1. The second-order valence-corrected chi connectivity index (χ2v) is 5.36. The maximum atomic E-state index is 11.8. The van der Waals surface area contributed by atoms with E-state index in [2.05, 4.69) is 4.98 Å². The van der Waals surface area contributed by atoms with E-state index in [0.29, 0.717) is 0 Å². The third-order valence-corrected chi connectivity index (χ3v) is 4.27. The predicted molar refractivity (Wildman–Crippen MR) is 74.1 cm³/mol. The highest BCUT2D eigenvalue weighted by Crippen LogP contribution is 2.40. The number of hydrogen-bond acceptors (Lipinski definition) is 2. The summed E-state index contributed by atoms with van der Waals surface area (Å²) in [5, 5.41) is 10.7. The number of carboxylic acids is 1. The summed E-state index contributed by atoms with van der Waals surface area (Å²) < 4.78 is 0. The maximum absolute atomic E-state index is 11.8. The minimum absolute atomic E-state index is 0.685. The second kappa shape index (κ2) is 4.65. The van der Waals surface area contributed by atoms with Crippen LogP contribution in [-0.4, -0.2) is 16.1 Å². The Morgan fingerprint density at radius 2 is 1.95 bits per heavy atom. The van der Waals surface area contributed by atoms with E-state index >= 15 is 0 Å². The minimum atomic E-state index is -0.692. The molecule has 1 fully saturated rings. The van der Waals surface area contributed by atoms with Crippen LogP contribution in [0.1, 0.15) is 37.7 Å². The summed E-state index contributed by atoms with van der Waals surface area (Å²) in [5.41, 5.74) is 1.16. The largest absolute Gasteiger partial charge is 0.481 e. The molecule has 19 heavy (non-hydrogen) atoms. The summed E-state index contributed by atoms with van der Waals surface area (Å²) in [4.78, 5) is 16.1. The van der Waals surface area contributed by atoms with Gasteiger partial charge in [0.1, 0.15) is 0 Å². The molecule has 3 rings (SSSR count). The van der Waals surface area contributed by atoms with Crippen LogP contribution in [0.2, 0.25) is 0 Å². The smallest absolute Gasteiger partial charge is 0.314 e. The zero-order chi connectivity index (χ0) is 13.3. The molecule has 3 nitrogen and oxygen atoms in total. The van der Waals surface area contributed by atoms with E-state index in [1.54, 1.807) is 6.20 Å². The van der Waals surface area contributed by atoms with Gasteiger partial charge in [-0.15, -0.1) is 0 Å². The van der Waals surface area contributed by atoms with Crippen LogP contribution in [0.15, 0.2) is 36.5 Å². The van der Waals surface area contributed by atoms with Gasteiger partial charge in [0.2, 0.25) is 0 Å². The van der Waals surface area contributed by atoms with Crippen LogP contribution in [-0.2, 0) is 10.2 Å². The van der Waals surface area contributed by atoms with Crippen LogP contribution < -0.4 is 0 Å². The highest BCUT2D eigenvalue weighted by molar-refractivity contribution is 5.85. The van der Waals surface area contributed by atoms with Crippen molar-refractivity contribution in [3.05, 3.63) is 42.1 Å². The van der Waals surface area contributed by atoms with E-state index in [1.807, 2.05) is 30.3 Å². The Balaban J connectivity index is 2.12. The van der Waals surface area contributed by atoms with E-state index < -0.39 is 11.4 Å². The Morgan fingerprint density at radius 1 is 1.16 bits per heavy atom. The fraction of sp³-hybridized carbons (Fsp3) is 0.375. The van der Waals surface area contributed by atoms with Gasteiger partial charge in [-0.2, -0.15) is 0 Å². The molecular weight excluding hydrogens is 238 g/mol. The molecule has 1 aliphatic carbocycles. The molecular formula is C16H17NO2. The van der Waals surface area contributed by atoms with Gasteiger partial charge in [0.15, 0.2) is 0 Å². The van der Waals surface area contributed by atoms with Crippen molar-refractivity contribution < 1.29 is 9.90 Å². The monoisotopic (exact) mass is 255 g/mol. The molecule has 0 spiro atoms. The lowest BCUT2D eigenvalue weighted by Gasteiger charge is -2.33. The zero-order valence-electron chi connectivity index (χ0n) is 10.8. The lowest BCUT2D eigenvalue weighted by Crippen LogP contribution is -2.37. The molecule has 0 aliphatic heterocycles. The molecule has 0 unspecified atom stereocenters. The molecule has 1 aromatic carbocycles. The van der Waals surface area contributed by atoms with Crippen molar-refractivity contribution in [2.24, 2.45) is 0 Å². The first-order chi connectivity index (χ1) is 9.22. The molecule has 1 aromatic heterocycles. The normalized spacial score (nSPS) is 18.3. The Morgan fingerprint density at radius 3 is 2.68 bits per heavy atom. The van der Waals surface area contributed by atoms with E-state index in [1.165, 1.54) is 0 Å². The first-order valence-corrected chi connectivity index (χ1v) is 6.81. The molecule has 1 saturated carbocycles. The summed E-state index contributed by atoms with van der Waals surface area (Å²) in [6.07, 6.45) is 6.39. The van der Waals surface area contributed by atoms with Gasteiger partial charge in [0.05, 0.1) is 10.9 Å². The van der Waals surface area contributed by atoms with Crippen molar-refractivity contribution in [1.29, 1.82) is 0 Å². The molecule has 1 aliphatic rings. The number of rotatable bonds is 2. The van der Waals surface area contributed by atoms with Crippen LogP contribution in [0.4, 0.5) is 0 Å². The van der Waals surface area contributed by atoms with E-state index in [0.717, 1.165) is 48.6 Å². The number of aromatic nitrogens is 1. The van der Waals surface area contributed by atoms with Gasteiger partial charge in [-0.25, -0.2) is 0 Å². The highest BCUT2D eigenvalue weighted by atomic mass is 16.4. The Kier molecular flexibility index (Phi) is 2.97. The second-order valence-electron chi connectivity index (χ2n) is 5.36. The first kappa shape index (κ1) is 12.2. The van der Waals surface area contributed by atoms with Gasteiger partial charge in [-0.3, -0.25) is 9.78 Å². The van der Waals surface area contributed by atoms with Crippen molar-refractivity contribution in [3.63, 3.8) is 0 Å².